The molecule has 8 nitrogen and oxygen atoms in total. The van der Waals surface area contributed by atoms with Gasteiger partial charge in [-0.2, -0.15) is 5.26 Å². The lowest BCUT2D eigenvalue weighted by Crippen LogP contribution is -2.56. The number of hydrogen-bond donors (Lipinski definition) is 0. The summed E-state index contributed by atoms with van der Waals surface area (Å²) >= 11 is 0. The molecule has 2 aliphatic rings. The Balaban J connectivity index is 1.51. The van der Waals surface area contributed by atoms with Crippen LogP contribution in [0.1, 0.15) is 24.5 Å². The molecule has 4 heterocycles. The van der Waals surface area contributed by atoms with Crippen molar-refractivity contribution in [1.29, 1.82) is 5.26 Å². The van der Waals surface area contributed by atoms with Gasteiger partial charge in [-0.25, -0.2) is 18.7 Å². The molecule has 0 unspecified atom stereocenters. The summed E-state index contributed by atoms with van der Waals surface area (Å²) in [6.07, 6.45) is 3.85. The maximum Gasteiger partial charge on any atom is 0.232 e. The number of piperidine rings is 1. The zero-order valence-corrected chi connectivity index (χ0v) is 16.4. The molecular formula is C20H20F2N6O2. The van der Waals surface area contributed by atoms with Gasteiger partial charge in [0.1, 0.15) is 30.2 Å². The molecule has 2 atom stereocenters. The van der Waals surface area contributed by atoms with E-state index in [1.165, 1.54) is 6.20 Å². The van der Waals surface area contributed by atoms with Gasteiger partial charge in [0.25, 0.3) is 0 Å². The fraction of sp³-hybridized carbons (Fsp3) is 0.450. The molecule has 0 aliphatic carbocycles. The van der Waals surface area contributed by atoms with Crippen molar-refractivity contribution in [1.82, 2.24) is 19.9 Å². The van der Waals surface area contributed by atoms with Crippen LogP contribution in [0.4, 0.5) is 14.7 Å². The van der Waals surface area contributed by atoms with Gasteiger partial charge in [0.05, 0.1) is 37.4 Å². The lowest BCUT2D eigenvalue weighted by atomic mass is 9.77. The average Bonchev–Trinajstić information content (AvgIpc) is 2.98. The number of halogens is 2. The van der Waals surface area contributed by atoms with Crippen LogP contribution >= 0.6 is 0 Å². The molecule has 0 aromatic carbocycles. The van der Waals surface area contributed by atoms with Gasteiger partial charge in [0.2, 0.25) is 11.9 Å². The summed E-state index contributed by atoms with van der Waals surface area (Å²) < 4.78 is 34.0. The van der Waals surface area contributed by atoms with Gasteiger partial charge in [0.15, 0.2) is 5.82 Å². The third kappa shape index (κ3) is 3.51. The second-order valence-corrected chi connectivity index (χ2v) is 7.64. The number of anilines is 1. The number of rotatable bonds is 2. The highest BCUT2D eigenvalue weighted by molar-refractivity contribution is 5.83. The highest BCUT2D eigenvalue weighted by atomic mass is 19.1. The van der Waals surface area contributed by atoms with E-state index in [9.17, 15) is 14.4 Å². The molecule has 10 heteroatoms. The number of carbonyl (C=O) groups is 1. The minimum absolute atomic E-state index is 0.0606. The number of pyridine rings is 1. The lowest BCUT2D eigenvalue weighted by molar-refractivity contribution is -0.147. The molecule has 2 aromatic rings. The lowest BCUT2D eigenvalue weighted by Gasteiger charge is -2.43. The third-order valence-electron chi connectivity index (χ3n) is 5.70. The first-order valence-electron chi connectivity index (χ1n) is 9.58. The Bertz CT molecular complexity index is 996. The molecule has 4 rings (SSSR count). The van der Waals surface area contributed by atoms with Crippen molar-refractivity contribution < 1.29 is 18.3 Å². The Morgan fingerprint density at radius 1 is 1.30 bits per heavy atom. The van der Waals surface area contributed by atoms with Crippen LogP contribution in [0, 0.1) is 22.6 Å². The zero-order chi connectivity index (χ0) is 21.3. The molecule has 2 aromatic heterocycles. The van der Waals surface area contributed by atoms with Gasteiger partial charge >= 0.3 is 0 Å². The number of nitriles is 1. The standard InChI is InChI=1S/C20H20F2N6O2/c1-20(2-3-28(12-16(20)22)19-25-9-15(21)10-26-19)18(29)27-4-5-30-17-13(6-23)7-24-8-14(17)11-27/h7-10,16H,2-5,11-12H2,1H3/t16-,20+/m1/s1. The SMILES string of the molecule is C[C@]1(C(=O)N2CCOc3c(C#N)cncc3C2)CCN(c2ncc(F)cn2)C[C@H]1F. The van der Waals surface area contributed by atoms with Crippen LogP contribution in [0.3, 0.4) is 0 Å². The molecule has 0 N–H and O–H groups in total. The minimum Gasteiger partial charge on any atom is -0.490 e. The van der Waals surface area contributed by atoms with Crippen molar-refractivity contribution in [2.45, 2.75) is 26.1 Å². The fourth-order valence-electron chi connectivity index (χ4n) is 3.83. The summed E-state index contributed by atoms with van der Waals surface area (Å²) in [6, 6.07) is 2.04. The number of fused-ring (bicyclic) bond motifs is 1. The predicted octanol–water partition coefficient (Wildman–Crippen LogP) is 1.86. The van der Waals surface area contributed by atoms with E-state index in [0.29, 0.717) is 23.4 Å². The molecule has 2 aliphatic heterocycles. The molecule has 0 saturated carbocycles. The first kappa shape index (κ1) is 19.9. The summed E-state index contributed by atoms with van der Waals surface area (Å²) in [6.45, 7) is 2.62. The smallest absolute Gasteiger partial charge is 0.232 e. The largest absolute Gasteiger partial charge is 0.490 e. The Labute approximate surface area is 172 Å². The van der Waals surface area contributed by atoms with Crippen LogP contribution in [0.25, 0.3) is 0 Å². The first-order chi connectivity index (χ1) is 14.4. The topological polar surface area (TPSA) is 95.2 Å². The van der Waals surface area contributed by atoms with Crippen molar-refractivity contribution in [2.24, 2.45) is 5.41 Å². The van der Waals surface area contributed by atoms with Gasteiger partial charge in [-0.15, -0.1) is 0 Å². The van der Waals surface area contributed by atoms with E-state index in [1.54, 1.807) is 22.9 Å². The van der Waals surface area contributed by atoms with Gasteiger partial charge in [-0.05, 0) is 13.3 Å². The maximum atomic E-state index is 15.3. The van der Waals surface area contributed by atoms with E-state index in [2.05, 4.69) is 15.0 Å². The van der Waals surface area contributed by atoms with Crippen LogP contribution in [0.15, 0.2) is 24.8 Å². The van der Waals surface area contributed by atoms with E-state index >= 15 is 4.39 Å². The van der Waals surface area contributed by atoms with E-state index in [1.807, 2.05) is 6.07 Å². The number of alkyl halides is 1. The summed E-state index contributed by atoms with van der Waals surface area (Å²) in [4.78, 5) is 28.3. The van der Waals surface area contributed by atoms with E-state index in [0.717, 1.165) is 12.4 Å². The molecule has 1 saturated heterocycles. The Morgan fingerprint density at radius 3 is 2.77 bits per heavy atom. The second-order valence-electron chi connectivity index (χ2n) is 7.64. The average molecular weight is 414 g/mol. The molecule has 0 bridgehead atoms. The molecular weight excluding hydrogens is 394 g/mol. The Morgan fingerprint density at radius 2 is 2.07 bits per heavy atom. The number of ether oxygens (including phenoxy) is 1. The number of hydrogen-bond acceptors (Lipinski definition) is 7. The fourth-order valence-corrected chi connectivity index (χ4v) is 3.83. The van der Waals surface area contributed by atoms with Crippen LogP contribution in [0.5, 0.6) is 5.75 Å². The van der Waals surface area contributed by atoms with Crippen molar-refractivity contribution in [3.05, 3.63) is 41.7 Å². The maximum absolute atomic E-state index is 15.3. The van der Waals surface area contributed by atoms with Gasteiger partial charge in [-0.1, -0.05) is 0 Å². The van der Waals surface area contributed by atoms with Gasteiger partial charge in [-0.3, -0.25) is 9.78 Å². The van der Waals surface area contributed by atoms with Crippen molar-refractivity contribution in [3.8, 4) is 11.8 Å². The highest BCUT2D eigenvalue weighted by Gasteiger charge is 2.48. The summed E-state index contributed by atoms with van der Waals surface area (Å²) in [5, 5.41) is 9.24. The molecule has 30 heavy (non-hydrogen) atoms. The summed E-state index contributed by atoms with van der Waals surface area (Å²) in [5.41, 5.74) is -0.290. The minimum atomic E-state index is -1.46. The van der Waals surface area contributed by atoms with Crippen LogP contribution in [-0.2, 0) is 11.3 Å². The molecule has 156 valence electrons. The van der Waals surface area contributed by atoms with Gasteiger partial charge in [0, 0.05) is 24.5 Å². The van der Waals surface area contributed by atoms with Crippen molar-refractivity contribution >= 4 is 11.9 Å². The van der Waals surface area contributed by atoms with E-state index in [4.69, 9.17) is 4.74 Å². The zero-order valence-electron chi connectivity index (χ0n) is 16.4. The number of amides is 1. The summed E-state index contributed by atoms with van der Waals surface area (Å²) in [7, 11) is 0. The quantitative estimate of drug-likeness (QED) is 0.740. The molecule has 0 radical (unpaired) electrons. The summed E-state index contributed by atoms with van der Waals surface area (Å²) in [5.74, 6) is -0.215. The highest BCUT2D eigenvalue weighted by Crippen LogP contribution is 2.38. The first-order valence-corrected chi connectivity index (χ1v) is 9.58. The van der Waals surface area contributed by atoms with E-state index in [-0.39, 0.29) is 44.5 Å². The van der Waals surface area contributed by atoms with E-state index < -0.39 is 17.4 Å². The molecule has 1 amide bonds. The number of nitrogens with zero attached hydrogens (tertiary/aromatic N) is 6. The van der Waals surface area contributed by atoms with Crippen molar-refractivity contribution in [2.75, 3.05) is 31.1 Å². The Kier molecular flexibility index (Phi) is 5.20. The second kappa shape index (κ2) is 7.82. The predicted molar refractivity (Wildman–Crippen MR) is 102 cm³/mol. The van der Waals surface area contributed by atoms with Crippen molar-refractivity contribution in [3.63, 3.8) is 0 Å². The normalized spacial score (nSPS) is 23.7. The Hall–Kier alpha value is -3.35. The monoisotopic (exact) mass is 414 g/mol. The molecule has 0 spiro atoms. The van der Waals surface area contributed by atoms with Crippen LogP contribution in [-0.4, -0.2) is 58.2 Å². The molecule has 1 fully saturated rings. The van der Waals surface area contributed by atoms with Gasteiger partial charge < -0.3 is 14.5 Å². The van der Waals surface area contributed by atoms with Crippen LogP contribution < -0.4 is 9.64 Å². The van der Waals surface area contributed by atoms with Crippen LogP contribution in [0.2, 0.25) is 0 Å². The third-order valence-corrected chi connectivity index (χ3v) is 5.70. The number of carbonyl (C=O) groups excluding carboxylic acids is 1. The number of aromatic nitrogens is 3.